The fraction of sp³-hybridized carbons (Fsp3) is 0.150. The van der Waals surface area contributed by atoms with Crippen molar-refractivity contribution in [3.63, 3.8) is 0 Å². The number of hydrogen-bond donors (Lipinski definition) is 1. The zero-order valence-corrected chi connectivity index (χ0v) is 14.8. The topological polar surface area (TPSA) is 69.9 Å². The molecule has 0 saturated carbocycles. The average Bonchev–Trinajstić information content (AvgIpc) is 3.16. The fourth-order valence-electron chi connectivity index (χ4n) is 2.37. The lowest BCUT2D eigenvalue weighted by molar-refractivity contribution is 0.0992. The van der Waals surface area contributed by atoms with Crippen molar-refractivity contribution in [3.8, 4) is 17.2 Å². The predicted octanol–water partition coefficient (Wildman–Crippen LogP) is 4.27. The Kier molecular flexibility index (Phi) is 5.61. The number of carbonyl (C=O) groups is 1. The van der Waals surface area contributed by atoms with Crippen LogP contribution in [-0.2, 0) is 6.61 Å². The maximum Gasteiger partial charge on any atom is 0.291 e. The van der Waals surface area contributed by atoms with E-state index in [0.29, 0.717) is 28.7 Å². The molecule has 0 fully saturated rings. The van der Waals surface area contributed by atoms with Gasteiger partial charge in [0.05, 0.1) is 14.2 Å². The molecule has 0 unspecified atom stereocenters. The molecule has 0 saturated heterocycles. The molecular formula is C20H18FNO5. The normalized spacial score (nSPS) is 10.3. The van der Waals surface area contributed by atoms with E-state index in [4.69, 9.17) is 18.6 Å². The number of amides is 1. The summed E-state index contributed by atoms with van der Waals surface area (Å²) in [4.78, 5) is 12.3. The van der Waals surface area contributed by atoms with Crippen LogP contribution in [0.1, 0.15) is 16.3 Å². The predicted molar refractivity (Wildman–Crippen MR) is 96.9 cm³/mol. The van der Waals surface area contributed by atoms with Crippen LogP contribution in [0.5, 0.6) is 17.2 Å². The molecule has 1 N–H and O–H groups in total. The number of benzene rings is 2. The van der Waals surface area contributed by atoms with E-state index in [1.807, 2.05) is 0 Å². The zero-order valence-electron chi connectivity index (χ0n) is 14.8. The van der Waals surface area contributed by atoms with Crippen LogP contribution >= 0.6 is 0 Å². The van der Waals surface area contributed by atoms with Crippen molar-refractivity contribution in [2.75, 3.05) is 19.5 Å². The van der Waals surface area contributed by atoms with Gasteiger partial charge in [0.1, 0.15) is 23.9 Å². The first-order chi connectivity index (χ1) is 13.1. The van der Waals surface area contributed by atoms with Crippen molar-refractivity contribution in [3.05, 3.63) is 71.9 Å². The minimum Gasteiger partial charge on any atom is -0.493 e. The Morgan fingerprint density at radius 3 is 2.44 bits per heavy atom. The van der Waals surface area contributed by atoms with Gasteiger partial charge in [-0.15, -0.1) is 0 Å². The van der Waals surface area contributed by atoms with Gasteiger partial charge in [0, 0.05) is 11.8 Å². The van der Waals surface area contributed by atoms with E-state index >= 15 is 0 Å². The van der Waals surface area contributed by atoms with Crippen molar-refractivity contribution in [1.29, 1.82) is 0 Å². The minimum absolute atomic E-state index is 0.120. The second-order valence-electron chi connectivity index (χ2n) is 5.53. The lowest BCUT2D eigenvalue weighted by Crippen LogP contribution is -2.11. The number of ether oxygens (including phenoxy) is 3. The van der Waals surface area contributed by atoms with Crippen molar-refractivity contribution in [2.45, 2.75) is 6.61 Å². The molecule has 0 aliphatic heterocycles. The highest BCUT2D eigenvalue weighted by molar-refractivity contribution is 6.02. The molecule has 1 amide bonds. The summed E-state index contributed by atoms with van der Waals surface area (Å²) in [6, 6.07) is 13.9. The molecule has 2 aromatic carbocycles. The van der Waals surface area contributed by atoms with E-state index in [2.05, 4.69) is 5.32 Å². The summed E-state index contributed by atoms with van der Waals surface area (Å²) in [6.07, 6.45) is 0. The maximum atomic E-state index is 12.9. The van der Waals surface area contributed by atoms with Gasteiger partial charge in [-0.25, -0.2) is 4.39 Å². The van der Waals surface area contributed by atoms with E-state index in [-0.39, 0.29) is 18.2 Å². The molecule has 3 rings (SSSR count). The van der Waals surface area contributed by atoms with E-state index < -0.39 is 5.91 Å². The van der Waals surface area contributed by atoms with Gasteiger partial charge in [0.25, 0.3) is 5.91 Å². The Hall–Kier alpha value is -3.48. The Morgan fingerprint density at radius 1 is 1.00 bits per heavy atom. The van der Waals surface area contributed by atoms with E-state index in [1.54, 1.807) is 30.3 Å². The van der Waals surface area contributed by atoms with E-state index in [0.717, 1.165) is 0 Å². The summed E-state index contributed by atoms with van der Waals surface area (Å²) in [5.74, 6) is 1.44. The molecule has 6 nitrogen and oxygen atoms in total. The minimum atomic E-state index is -0.407. The van der Waals surface area contributed by atoms with E-state index in [1.165, 1.54) is 38.5 Å². The molecule has 1 aromatic heterocycles. The highest BCUT2D eigenvalue weighted by Gasteiger charge is 2.13. The third kappa shape index (κ3) is 4.58. The third-order valence-electron chi connectivity index (χ3n) is 3.72. The summed E-state index contributed by atoms with van der Waals surface area (Å²) >= 11 is 0. The van der Waals surface area contributed by atoms with Gasteiger partial charge in [0.2, 0.25) is 0 Å². The van der Waals surface area contributed by atoms with Crippen LogP contribution in [0.15, 0.2) is 59.0 Å². The number of halogens is 1. The maximum absolute atomic E-state index is 12.9. The molecule has 0 radical (unpaired) electrons. The second-order valence-corrected chi connectivity index (χ2v) is 5.53. The van der Waals surface area contributed by atoms with Gasteiger partial charge in [0.15, 0.2) is 17.3 Å². The summed E-state index contributed by atoms with van der Waals surface area (Å²) in [7, 11) is 3.05. The molecule has 140 valence electrons. The fourth-order valence-corrected chi connectivity index (χ4v) is 2.37. The van der Waals surface area contributed by atoms with Crippen LogP contribution in [0, 0.1) is 5.82 Å². The molecule has 7 heteroatoms. The lowest BCUT2D eigenvalue weighted by Gasteiger charge is -2.10. The van der Waals surface area contributed by atoms with Crippen molar-refractivity contribution >= 4 is 11.6 Å². The smallest absolute Gasteiger partial charge is 0.291 e. The largest absolute Gasteiger partial charge is 0.493 e. The van der Waals surface area contributed by atoms with Crippen molar-refractivity contribution < 1.29 is 27.8 Å². The second kappa shape index (κ2) is 8.27. The third-order valence-corrected chi connectivity index (χ3v) is 3.72. The first-order valence-electron chi connectivity index (χ1n) is 8.09. The molecule has 0 aliphatic carbocycles. The zero-order chi connectivity index (χ0) is 19.2. The van der Waals surface area contributed by atoms with Gasteiger partial charge in [-0.1, -0.05) is 0 Å². The van der Waals surface area contributed by atoms with Crippen molar-refractivity contribution in [2.24, 2.45) is 0 Å². The number of methoxy groups -OCH3 is 2. The Morgan fingerprint density at radius 2 is 1.74 bits per heavy atom. The van der Waals surface area contributed by atoms with Gasteiger partial charge < -0.3 is 23.9 Å². The van der Waals surface area contributed by atoms with Crippen LogP contribution < -0.4 is 19.5 Å². The summed E-state index contributed by atoms with van der Waals surface area (Å²) < 4.78 is 34.2. The Labute approximate surface area is 155 Å². The lowest BCUT2D eigenvalue weighted by atomic mass is 10.2. The number of furan rings is 1. The number of rotatable bonds is 7. The molecule has 0 bridgehead atoms. The summed E-state index contributed by atoms with van der Waals surface area (Å²) in [5, 5.41) is 2.73. The molecule has 0 atom stereocenters. The summed E-state index contributed by atoms with van der Waals surface area (Å²) in [5.41, 5.74) is 0.540. The molecule has 0 spiro atoms. The van der Waals surface area contributed by atoms with Gasteiger partial charge in [-0.05, 0) is 48.5 Å². The number of nitrogens with one attached hydrogen (secondary N) is 1. The SMILES string of the molecule is COc1ccc(NC(=O)c2ccc(COc3ccc(F)cc3)o2)cc1OC. The quantitative estimate of drug-likeness (QED) is 0.672. The highest BCUT2D eigenvalue weighted by atomic mass is 19.1. The molecule has 27 heavy (non-hydrogen) atoms. The highest BCUT2D eigenvalue weighted by Crippen LogP contribution is 2.30. The van der Waals surface area contributed by atoms with Crippen LogP contribution in [0.25, 0.3) is 0 Å². The summed E-state index contributed by atoms with van der Waals surface area (Å²) in [6.45, 7) is 0.120. The monoisotopic (exact) mass is 371 g/mol. The number of carbonyl (C=O) groups excluding carboxylic acids is 1. The molecule has 1 heterocycles. The van der Waals surface area contributed by atoms with E-state index in [9.17, 15) is 9.18 Å². The molecular weight excluding hydrogens is 353 g/mol. The molecule has 0 aliphatic rings. The first-order valence-corrected chi connectivity index (χ1v) is 8.09. The number of anilines is 1. The van der Waals surface area contributed by atoms with Gasteiger partial charge >= 0.3 is 0 Å². The van der Waals surface area contributed by atoms with Crippen LogP contribution in [-0.4, -0.2) is 20.1 Å². The van der Waals surface area contributed by atoms with Crippen molar-refractivity contribution in [1.82, 2.24) is 0 Å². The standard InChI is InChI=1S/C20H18FNO5/c1-24-17-9-5-14(11-19(17)25-2)22-20(23)18-10-8-16(27-18)12-26-15-6-3-13(21)4-7-15/h3-11H,12H2,1-2H3,(H,22,23). The Balaban J connectivity index is 1.62. The molecule has 3 aromatic rings. The van der Waals surface area contributed by atoms with Crippen LogP contribution in [0.3, 0.4) is 0 Å². The Bertz CT molecular complexity index is 920. The number of hydrogen-bond acceptors (Lipinski definition) is 5. The first kappa shape index (κ1) is 18.3. The van der Waals surface area contributed by atoms with Crippen LogP contribution in [0.4, 0.5) is 10.1 Å². The average molecular weight is 371 g/mol. The van der Waals surface area contributed by atoms with Gasteiger partial charge in [-0.3, -0.25) is 4.79 Å². The van der Waals surface area contributed by atoms with Gasteiger partial charge in [-0.2, -0.15) is 0 Å². The van der Waals surface area contributed by atoms with Crippen LogP contribution in [0.2, 0.25) is 0 Å².